The SMILES string of the molecule is N#CCC1C=CNC(=NCc2nn[nH]n2)N1c1nc2ccccc2s1. The quantitative estimate of drug-likeness (QED) is 0.732. The Morgan fingerprint density at radius 2 is 2.28 bits per heavy atom. The minimum absolute atomic E-state index is 0.143. The number of aromatic amines is 1. The zero-order chi connectivity index (χ0) is 17.1. The Bertz CT molecular complexity index is 933. The van der Waals surface area contributed by atoms with E-state index in [2.05, 4.69) is 37.0 Å². The number of hydrogen-bond acceptors (Lipinski definition) is 7. The van der Waals surface area contributed by atoms with Gasteiger partial charge in [0.25, 0.3) is 0 Å². The summed E-state index contributed by atoms with van der Waals surface area (Å²) in [6, 6.07) is 10.0. The van der Waals surface area contributed by atoms with Crippen molar-refractivity contribution in [2.24, 2.45) is 4.99 Å². The maximum atomic E-state index is 9.17. The highest BCUT2D eigenvalue weighted by atomic mass is 32.1. The molecule has 10 heteroatoms. The smallest absolute Gasteiger partial charge is 0.205 e. The van der Waals surface area contributed by atoms with Crippen LogP contribution in [0.15, 0.2) is 41.5 Å². The van der Waals surface area contributed by atoms with Crippen molar-refractivity contribution in [3.8, 4) is 6.07 Å². The molecule has 9 nitrogen and oxygen atoms in total. The maximum Gasteiger partial charge on any atom is 0.205 e. The largest absolute Gasteiger partial charge is 0.333 e. The summed E-state index contributed by atoms with van der Waals surface area (Å²) in [6.45, 7) is 0.271. The lowest BCUT2D eigenvalue weighted by atomic mass is 10.2. The van der Waals surface area contributed by atoms with Crippen molar-refractivity contribution < 1.29 is 0 Å². The molecule has 0 saturated carbocycles. The van der Waals surface area contributed by atoms with E-state index in [0.717, 1.165) is 15.3 Å². The number of nitrogens with one attached hydrogen (secondary N) is 2. The number of rotatable bonds is 4. The van der Waals surface area contributed by atoms with E-state index in [1.165, 1.54) is 0 Å². The fraction of sp³-hybridized carbons (Fsp3) is 0.200. The van der Waals surface area contributed by atoms with Crippen molar-refractivity contribution in [3.63, 3.8) is 0 Å². The molecule has 0 amide bonds. The van der Waals surface area contributed by atoms with Gasteiger partial charge in [-0.15, -0.1) is 10.2 Å². The average Bonchev–Trinajstić information content (AvgIpc) is 3.29. The standard InChI is InChI=1S/C15H13N9S/c16-7-5-10-6-8-17-14(18-9-13-20-22-23-21-13)24(10)15-19-11-3-1-2-4-12(11)25-15/h1-4,6,8,10H,5,9H2,(H,17,18)(H,20,21,22,23). The monoisotopic (exact) mass is 351 g/mol. The van der Waals surface area contributed by atoms with Gasteiger partial charge in [0.05, 0.1) is 28.7 Å². The number of aliphatic imine (C=N–C) groups is 1. The molecule has 0 aliphatic carbocycles. The third-order valence-electron chi connectivity index (χ3n) is 3.64. The van der Waals surface area contributed by atoms with Crippen molar-refractivity contribution in [3.05, 3.63) is 42.4 Å². The molecule has 3 heterocycles. The maximum absolute atomic E-state index is 9.17. The van der Waals surface area contributed by atoms with Crippen LogP contribution in [0.5, 0.6) is 0 Å². The number of tetrazole rings is 1. The molecule has 0 bridgehead atoms. The van der Waals surface area contributed by atoms with Crippen molar-refractivity contribution >= 4 is 32.6 Å². The van der Waals surface area contributed by atoms with Crippen molar-refractivity contribution in [1.82, 2.24) is 30.9 Å². The summed E-state index contributed by atoms with van der Waals surface area (Å²) in [5, 5.41) is 26.8. The van der Waals surface area contributed by atoms with Crippen LogP contribution in [-0.2, 0) is 6.54 Å². The van der Waals surface area contributed by atoms with Crippen LogP contribution >= 0.6 is 11.3 Å². The minimum atomic E-state index is -0.143. The first kappa shape index (κ1) is 15.2. The van der Waals surface area contributed by atoms with E-state index in [4.69, 9.17) is 10.2 Å². The van der Waals surface area contributed by atoms with Gasteiger partial charge in [-0.1, -0.05) is 28.7 Å². The molecule has 2 N–H and O–H groups in total. The van der Waals surface area contributed by atoms with E-state index in [1.807, 2.05) is 35.2 Å². The first-order chi connectivity index (χ1) is 12.3. The van der Waals surface area contributed by atoms with Gasteiger partial charge >= 0.3 is 0 Å². The van der Waals surface area contributed by atoms with E-state index in [-0.39, 0.29) is 12.6 Å². The molecule has 1 unspecified atom stereocenters. The van der Waals surface area contributed by atoms with E-state index in [1.54, 1.807) is 17.5 Å². The molecule has 25 heavy (non-hydrogen) atoms. The van der Waals surface area contributed by atoms with Gasteiger partial charge in [0, 0.05) is 6.20 Å². The number of nitrogens with zero attached hydrogens (tertiary/aromatic N) is 7. The number of thiazole rings is 1. The van der Waals surface area contributed by atoms with Crippen LogP contribution in [0.4, 0.5) is 5.13 Å². The Morgan fingerprint density at radius 1 is 1.36 bits per heavy atom. The van der Waals surface area contributed by atoms with Gasteiger partial charge in [0.1, 0.15) is 6.54 Å². The first-order valence-corrected chi connectivity index (χ1v) is 8.38. The molecule has 1 atom stereocenters. The lowest BCUT2D eigenvalue weighted by Crippen LogP contribution is -2.48. The van der Waals surface area contributed by atoms with Crippen LogP contribution in [0, 0.1) is 11.3 Å². The predicted molar refractivity (Wildman–Crippen MR) is 93.7 cm³/mol. The van der Waals surface area contributed by atoms with E-state index < -0.39 is 0 Å². The Hall–Kier alpha value is -3.32. The second-order valence-corrected chi connectivity index (χ2v) is 6.24. The van der Waals surface area contributed by atoms with Crippen LogP contribution in [0.2, 0.25) is 0 Å². The van der Waals surface area contributed by atoms with E-state index in [0.29, 0.717) is 18.2 Å². The van der Waals surface area contributed by atoms with Crippen molar-refractivity contribution in [2.75, 3.05) is 4.90 Å². The second kappa shape index (κ2) is 6.66. The topological polar surface area (TPSA) is 119 Å². The summed E-state index contributed by atoms with van der Waals surface area (Å²) in [5.41, 5.74) is 0.922. The third kappa shape index (κ3) is 3.05. The van der Waals surface area contributed by atoms with Gasteiger partial charge in [0.2, 0.25) is 5.96 Å². The number of aromatic nitrogens is 5. The van der Waals surface area contributed by atoms with Crippen LogP contribution < -0.4 is 10.2 Å². The molecule has 124 valence electrons. The van der Waals surface area contributed by atoms with Crippen molar-refractivity contribution in [2.45, 2.75) is 19.0 Å². The highest BCUT2D eigenvalue weighted by Gasteiger charge is 2.27. The van der Waals surface area contributed by atoms with Gasteiger partial charge in [-0.3, -0.25) is 4.90 Å². The Labute approximate surface area is 146 Å². The summed E-state index contributed by atoms with van der Waals surface area (Å²) in [7, 11) is 0. The zero-order valence-corrected chi connectivity index (χ0v) is 13.8. The molecule has 1 aromatic carbocycles. The molecule has 0 fully saturated rings. The lowest BCUT2D eigenvalue weighted by molar-refractivity contribution is 0.767. The summed E-state index contributed by atoms with van der Waals surface area (Å²) in [4.78, 5) is 11.2. The molecule has 1 aliphatic rings. The fourth-order valence-corrected chi connectivity index (χ4v) is 3.54. The Kier molecular flexibility index (Phi) is 4.05. The molecule has 0 saturated heterocycles. The fourth-order valence-electron chi connectivity index (χ4n) is 2.51. The lowest BCUT2D eigenvalue weighted by Gasteiger charge is -2.31. The molecule has 0 spiro atoms. The molecular weight excluding hydrogens is 338 g/mol. The number of nitriles is 1. The van der Waals surface area contributed by atoms with Crippen LogP contribution in [0.1, 0.15) is 12.2 Å². The third-order valence-corrected chi connectivity index (χ3v) is 4.67. The number of anilines is 1. The minimum Gasteiger partial charge on any atom is -0.333 e. The summed E-state index contributed by atoms with van der Waals surface area (Å²) in [5.74, 6) is 1.09. The summed E-state index contributed by atoms with van der Waals surface area (Å²) < 4.78 is 1.08. The van der Waals surface area contributed by atoms with E-state index in [9.17, 15) is 0 Å². The summed E-state index contributed by atoms with van der Waals surface area (Å²) in [6.07, 6.45) is 4.05. The number of guanidine groups is 1. The summed E-state index contributed by atoms with van der Waals surface area (Å²) >= 11 is 1.56. The average molecular weight is 351 g/mol. The number of para-hydroxylation sites is 1. The first-order valence-electron chi connectivity index (χ1n) is 7.57. The highest BCUT2D eigenvalue weighted by Crippen LogP contribution is 2.31. The van der Waals surface area contributed by atoms with Gasteiger partial charge in [0.15, 0.2) is 11.0 Å². The molecule has 2 aromatic heterocycles. The number of H-pyrrole nitrogens is 1. The van der Waals surface area contributed by atoms with Crippen LogP contribution in [-0.4, -0.2) is 37.6 Å². The normalized spacial score (nSPS) is 18.4. The molecular formula is C15H13N9S. The van der Waals surface area contributed by atoms with Gasteiger partial charge in [-0.05, 0) is 18.2 Å². The van der Waals surface area contributed by atoms with Gasteiger partial charge in [-0.2, -0.15) is 10.5 Å². The molecule has 3 aromatic rings. The van der Waals surface area contributed by atoms with Gasteiger partial charge in [-0.25, -0.2) is 9.98 Å². The second-order valence-electron chi connectivity index (χ2n) is 5.24. The zero-order valence-electron chi connectivity index (χ0n) is 13.0. The van der Waals surface area contributed by atoms with E-state index >= 15 is 0 Å². The molecule has 0 radical (unpaired) electrons. The molecule has 4 rings (SSSR count). The number of fused-ring (bicyclic) bond motifs is 1. The Morgan fingerprint density at radius 3 is 3.08 bits per heavy atom. The number of benzene rings is 1. The Balaban J connectivity index is 1.72. The van der Waals surface area contributed by atoms with Crippen molar-refractivity contribution in [1.29, 1.82) is 5.26 Å². The predicted octanol–water partition coefficient (Wildman–Crippen LogP) is 1.57. The highest BCUT2D eigenvalue weighted by molar-refractivity contribution is 7.22. The number of hydrogen-bond donors (Lipinski definition) is 2. The molecule has 1 aliphatic heterocycles. The van der Waals surface area contributed by atoms with Gasteiger partial charge < -0.3 is 5.32 Å². The van der Waals surface area contributed by atoms with Crippen LogP contribution in [0.3, 0.4) is 0 Å². The van der Waals surface area contributed by atoms with Crippen LogP contribution in [0.25, 0.3) is 10.2 Å².